The van der Waals surface area contributed by atoms with Gasteiger partial charge < -0.3 is 16.0 Å². The van der Waals surface area contributed by atoms with Gasteiger partial charge in [-0.25, -0.2) is 0 Å². The molecule has 3 amide bonds. The van der Waals surface area contributed by atoms with Crippen LogP contribution in [-0.2, 0) is 14.4 Å². The van der Waals surface area contributed by atoms with Gasteiger partial charge in [0.2, 0.25) is 17.7 Å². The first-order valence-corrected chi connectivity index (χ1v) is 11.4. The molecular formula is C26H36N4O3. The van der Waals surface area contributed by atoms with Gasteiger partial charge in [-0.1, -0.05) is 52.8 Å². The Balaban J connectivity index is 2.00. The molecule has 0 aromatic heterocycles. The molecule has 2 aromatic rings. The number of likely N-dealkylation sites (N-methyl/N-ethyl adjacent to an activating group) is 1. The van der Waals surface area contributed by atoms with Crippen LogP contribution in [0.15, 0.2) is 42.5 Å². The summed E-state index contributed by atoms with van der Waals surface area (Å²) in [6.07, 6.45) is 0. The van der Waals surface area contributed by atoms with Crippen LogP contribution in [-0.4, -0.2) is 42.3 Å². The summed E-state index contributed by atoms with van der Waals surface area (Å²) in [5.41, 5.74) is 4.39. The Morgan fingerprint density at radius 1 is 0.758 bits per heavy atom. The number of para-hydroxylation sites is 1. The summed E-state index contributed by atoms with van der Waals surface area (Å²) in [5.74, 6) is 0.0649. The minimum Gasteiger partial charge on any atom is -0.326 e. The Bertz CT molecular complexity index is 942. The number of nitrogens with zero attached hydrogens (tertiary/aromatic N) is 1. The van der Waals surface area contributed by atoms with E-state index in [1.807, 2.05) is 13.0 Å². The third-order valence-corrected chi connectivity index (χ3v) is 5.31. The van der Waals surface area contributed by atoms with Crippen molar-refractivity contribution in [1.82, 2.24) is 4.90 Å². The van der Waals surface area contributed by atoms with Crippen molar-refractivity contribution in [1.29, 1.82) is 0 Å². The van der Waals surface area contributed by atoms with Gasteiger partial charge >= 0.3 is 0 Å². The van der Waals surface area contributed by atoms with Crippen LogP contribution in [0.5, 0.6) is 0 Å². The van der Waals surface area contributed by atoms with E-state index in [2.05, 4.69) is 55.8 Å². The lowest BCUT2D eigenvalue weighted by molar-refractivity contribution is -0.120. The Labute approximate surface area is 196 Å². The van der Waals surface area contributed by atoms with Gasteiger partial charge in [0.25, 0.3) is 0 Å². The second-order valence-corrected chi connectivity index (χ2v) is 8.78. The molecule has 3 N–H and O–H groups in total. The molecule has 0 saturated carbocycles. The molecule has 0 aliphatic rings. The van der Waals surface area contributed by atoms with Crippen molar-refractivity contribution in [2.75, 3.05) is 35.6 Å². The molecule has 178 valence electrons. The van der Waals surface area contributed by atoms with Gasteiger partial charge in [-0.2, -0.15) is 0 Å². The highest BCUT2D eigenvalue weighted by atomic mass is 16.2. The first-order valence-electron chi connectivity index (χ1n) is 11.4. The van der Waals surface area contributed by atoms with Crippen LogP contribution in [0.1, 0.15) is 64.5 Å². The lowest BCUT2D eigenvalue weighted by Gasteiger charge is -2.23. The summed E-state index contributed by atoms with van der Waals surface area (Å²) in [7, 11) is 0. The van der Waals surface area contributed by atoms with Crippen LogP contribution in [0.4, 0.5) is 17.1 Å². The van der Waals surface area contributed by atoms with Crippen LogP contribution in [0.3, 0.4) is 0 Å². The molecule has 0 fully saturated rings. The fourth-order valence-corrected chi connectivity index (χ4v) is 3.60. The minimum atomic E-state index is -0.206. The SMILES string of the molecule is CCN(CC(=O)Nc1ccc(NC(C)=O)cc1)CC(=O)Nc1c(C(C)C)cccc1C(C)C. The van der Waals surface area contributed by atoms with Crippen molar-refractivity contribution in [3.63, 3.8) is 0 Å². The van der Waals surface area contributed by atoms with Gasteiger partial charge in [-0.15, -0.1) is 0 Å². The first kappa shape index (κ1) is 26.1. The van der Waals surface area contributed by atoms with Crippen molar-refractivity contribution < 1.29 is 14.4 Å². The normalized spacial score (nSPS) is 11.1. The Hall–Kier alpha value is -3.19. The predicted molar refractivity (Wildman–Crippen MR) is 135 cm³/mol. The summed E-state index contributed by atoms with van der Waals surface area (Å²) >= 11 is 0. The molecule has 7 nitrogen and oxygen atoms in total. The van der Waals surface area contributed by atoms with E-state index in [1.165, 1.54) is 6.92 Å². The van der Waals surface area contributed by atoms with E-state index < -0.39 is 0 Å². The maximum atomic E-state index is 12.9. The molecule has 2 aromatic carbocycles. The van der Waals surface area contributed by atoms with E-state index in [1.54, 1.807) is 29.2 Å². The van der Waals surface area contributed by atoms with E-state index in [0.717, 1.165) is 16.8 Å². The Morgan fingerprint density at radius 3 is 1.64 bits per heavy atom. The highest BCUT2D eigenvalue weighted by Crippen LogP contribution is 2.32. The topological polar surface area (TPSA) is 90.5 Å². The maximum Gasteiger partial charge on any atom is 0.238 e. The zero-order valence-electron chi connectivity index (χ0n) is 20.5. The first-order chi connectivity index (χ1) is 15.6. The summed E-state index contributed by atoms with van der Waals surface area (Å²) < 4.78 is 0. The van der Waals surface area contributed by atoms with Crippen LogP contribution < -0.4 is 16.0 Å². The summed E-state index contributed by atoms with van der Waals surface area (Å²) in [4.78, 5) is 38.3. The molecule has 7 heteroatoms. The Kier molecular flexibility index (Phi) is 9.60. The van der Waals surface area contributed by atoms with Gasteiger partial charge in [-0.3, -0.25) is 19.3 Å². The average molecular weight is 453 g/mol. The molecule has 0 radical (unpaired) electrons. The molecule has 0 aliphatic heterocycles. The number of carbonyl (C=O) groups is 3. The van der Waals surface area contributed by atoms with E-state index in [4.69, 9.17) is 0 Å². The average Bonchev–Trinajstić information content (AvgIpc) is 2.74. The van der Waals surface area contributed by atoms with Gasteiger partial charge in [0.1, 0.15) is 0 Å². The van der Waals surface area contributed by atoms with Gasteiger partial charge in [0, 0.05) is 24.0 Å². The zero-order chi connectivity index (χ0) is 24.5. The number of carbonyl (C=O) groups excluding carboxylic acids is 3. The van der Waals surface area contributed by atoms with Crippen LogP contribution in [0.25, 0.3) is 0 Å². The largest absolute Gasteiger partial charge is 0.326 e. The van der Waals surface area contributed by atoms with E-state index >= 15 is 0 Å². The van der Waals surface area contributed by atoms with Crippen LogP contribution >= 0.6 is 0 Å². The lowest BCUT2D eigenvalue weighted by Crippen LogP contribution is -2.38. The molecule has 33 heavy (non-hydrogen) atoms. The van der Waals surface area contributed by atoms with Crippen LogP contribution in [0, 0.1) is 0 Å². The standard InChI is InChI=1S/C26H36N4O3/c1-7-30(15-24(32)28-21-13-11-20(12-14-21)27-19(6)31)16-25(33)29-26-22(17(2)3)9-8-10-23(26)18(4)5/h8-14,17-18H,7,15-16H2,1-6H3,(H,27,31)(H,28,32)(H,29,33). The van der Waals surface area contributed by atoms with E-state index in [9.17, 15) is 14.4 Å². The molecule has 0 spiro atoms. The van der Waals surface area contributed by atoms with E-state index in [0.29, 0.717) is 17.9 Å². The summed E-state index contributed by atoms with van der Waals surface area (Å²) in [6, 6.07) is 13.0. The van der Waals surface area contributed by atoms with Gasteiger partial charge in [0.15, 0.2) is 0 Å². The molecule has 0 saturated heterocycles. The van der Waals surface area contributed by atoms with Gasteiger partial charge in [-0.05, 0) is 53.8 Å². The number of anilines is 3. The fourth-order valence-electron chi connectivity index (χ4n) is 3.60. The number of amides is 3. The monoisotopic (exact) mass is 452 g/mol. The van der Waals surface area contributed by atoms with Crippen molar-refractivity contribution in [2.24, 2.45) is 0 Å². The molecule has 0 aliphatic carbocycles. The third kappa shape index (κ3) is 8.02. The predicted octanol–water partition coefficient (Wildman–Crippen LogP) is 4.79. The second kappa shape index (κ2) is 12.2. The number of hydrogen-bond donors (Lipinski definition) is 3. The van der Waals surface area contributed by atoms with Crippen molar-refractivity contribution >= 4 is 34.8 Å². The molecule has 2 rings (SSSR count). The molecule has 0 atom stereocenters. The highest BCUT2D eigenvalue weighted by Gasteiger charge is 2.18. The fraction of sp³-hybridized carbons (Fsp3) is 0.423. The Morgan fingerprint density at radius 2 is 1.21 bits per heavy atom. The number of hydrogen-bond acceptors (Lipinski definition) is 4. The quantitative estimate of drug-likeness (QED) is 0.483. The molecule has 0 bridgehead atoms. The maximum absolute atomic E-state index is 12.9. The van der Waals surface area contributed by atoms with Crippen LogP contribution in [0.2, 0.25) is 0 Å². The number of nitrogens with one attached hydrogen (secondary N) is 3. The van der Waals surface area contributed by atoms with E-state index in [-0.39, 0.29) is 42.6 Å². The number of rotatable bonds is 10. The summed E-state index contributed by atoms with van der Waals surface area (Å²) in [6.45, 7) is 12.6. The van der Waals surface area contributed by atoms with Crippen molar-refractivity contribution in [2.45, 2.75) is 53.4 Å². The minimum absolute atomic E-state index is 0.0975. The van der Waals surface area contributed by atoms with Crippen molar-refractivity contribution in [3.8, 4) is 0 Å². The zero-order valence-corrected chi connectivity index (χ0v) is 20.5. The summed E-state index contributed by atoms with van der Waals surface area (Å²) in [5, 5.41) is 8.62. The molecule has 0 unspecified atom stereocenters. The smallest absolute Gasteiger partial charge is 0.238 e. The highest BCUT2D eigenvalue weighted by molar-refractivity contribution is 5.96. The second-order valence-electron chi connectivity index (χ2n) is 8.78. The number of benzene rings is 2. The molecular weight excluding hydrogens is 416 g/mol. The third-order valence-electron chi connectivity index (χ3n) is 5.31. The van der Waals surface area contributed by atoms with Crippen molar-refractivity contribution in [3.05, 3.63) is 53.6 Å². The lowest BCUT2D eigenvalue weighted by atomic mass is 9.92. The van der Waals surface area contributed by atoms with Gasteiger partial charge in [0.05, 0.1) is 13.1 Å². The molecule has 0 heterocycles.